The fraction of sp³-hybridized carbons (Fsp3) is 0.200. The minimum Gasteiger partial charge on any atom is -0.274 e. The number of benzene rings is 2. The van der Waals surface area contributed by atoms with Gasteiger partial charge in [0.15, 0.2) is 0 Å². The van der Waals surface area contributed by atoms with Crippen LogP contribution in [0.2, 0.25) is 0 Å². The van der Waals surface area contributed by atoms with Crippen molar-refractivity contribution in [1.82, 2.24) is 0 Å². The van der Waals surface area contributed by atoms with Gasteiger partial charge in [0.25, 0.3) is 0 Å². The van der Waals surface area contributed by atoms with Gasteiger partial charge in [-0.15, -0.1) is 0 Å². The van der Waals surface area contributed by atoms with Crippen LogP contribution in [0, 0.1) is 11.8 Å². The number of hydrogen-bond donors (Lipinski definition) is 0. The molecule has 0 aromatic heterocycles. The van der Waals surface area contributed by atoms with Crippen LogP contribution in [-0.4, -0.2) is 11.8 Å². The number of amides is 2. The Bertz CT molecular complexity index is 826. The molecule has 1 saturated heterocycles. The van der Waals surface area contributed by atoms with Crippen molar-refractivity contribution in [3.05, 3.63) is 70.7 Å². The predicted molar refractivity (Wildman–Crippen MR) is 97.3 cm³/mol. The molecular formula is C20H16BrNO2. The molecule has 0 radical (unpaired) electrons. The Morgan fingerprint density at radius 1 is 0.875 bits per heavy atom. The van der Waals surface area contributed by atoms with Crippen molar-refractivity contribution in [2.75, 3.05) is 4.90 Å². The first-order valence-electron chi connectivity index (χ1n) is 8.03. The van der Waals surface area contributed by atoms with E-state index in [2.05, 4.69) is 34.1 Å². The van der Waals surface area contributed by atoms with Crippen LogP contribution in [0.4, 0.5) is 5.69 Å². The van der Waals surface area contributed by atoms with Crippen LogP contribution >= 0.6 is 15.9 Å². The molecule has 2 atom stereocenters. The highest BCUT2D eigenvalue weighted by atomic mass is 79.9. The average Bonchev–Trinajstić information content (AvgIpc) is 2.87. The molecule has 0 unspecified atom stereocenters. The third-order valence-electron chi connectivity index (χ3n) is 4.85. The minimum atomic E-state index is -0.249. The van der Waals surface area contributed by atoms with Crippen LogP contribution < -0.4 is 4.90 Å². The van der Waals surface area contributed by atoms with Gasteiger partial charge in [-0.3, -0.25) is 14.5 Å². The molecular weight excluding hydrogens is 366 g/mol. The van der Waals surface area contributed by atoms with E-state index >= 15 is 0 Å². The molecule has 3 nitrogen and oxygen atoms in total. The van der Waals surface area contributed by atoms with Crippen LogP contribution in [0.1, 0.15) is 18.4 Å². The molecule has 1 aliphatic heterocycles. The van der Waals surface area contributed by atoms with Gasteiger partial charge in [0.05, 0.1) is 17.5 Å². The van der Waals surface area contributed by atoms with E-state index in [0.29, 0.717) is 18.5 Å². The molecule has 120 valence electrons. The molecule has 1 heterocycles. The fourth-order valence-electron chi connectivity index (χ4n) is 3.60. The molecule has 0 bridgehead atoms. The zero-order valence-electron chi connectivity index (χ0n) is 13.0. The van der Waals surface area contributed by atoms with Crippen molar-refractivity contribution in [2.24, 2.45) is 11.8 Å². The van der Waals surface area contributed by atoms with E-state index in [-0.39, 0.29) is 23.7 Å². The van der Waals surface area contributed by atoms with Gasteiger partial charge in [0.1, 0.15) is 0 Å². The number of allylic oxidation sites excluding steroid dienone is 2. The Morgan fingerprint density at radius 2 is 1.54 bits per heavy atom. The lowest BCUT2D eigenvalue weighted by Gasteiger charge is -2.21. The number of carbonyl (C=O) groups is 2. The topological polar surface area (TPSA) is 37.4 Å². The summed E-state index contributed by atoms with van der Waals surface area (Å²) in [7, 11) is 0. The lowest BCUT2D eigenvalue weighted by molar-refractivity contribution is -0.122. The van der Waals surface area contributed by atoms with E-state index in [9.17, 15) is 9.59 Å². The molecule has 2 aromatic rings. The van der Waals surface area contributed by atoms with E-state index in [1.165, 1.54) is 4.90 Å². The summed E-state index contributed by atoms with van der Waals surface area (Å²) < 4.78 is 0.927. The summed E-state index contributed by atoms with van der Waals surface area (Å²) in [6.45, 7) is 0. The van der Waals surface area contributed by atoms with E-state index in [4.69, 9.17) is 0 Å². The highest BCUT2D eigenvalue weighted by Crippen LogP contribution is 2.42. The number of fused-ring (bicyclic) bond motifs is 1. The zero-order chi connectivity index (χ0) is 16.7. The summed E-state index contributed by atoms with van der Waals surface area (Å²) in [6.07, 6.45) is 3.38. The first-order chi connectivity index (χ1) is 11.6. The molecule has 24 heavy (non-hydrogen) atoms. The van der Waals surface area contributed by atoms with Gasteiger partial charge in [-0.05, 0) is 48.2 Å². The number of carbonyl (C=O) groups excluding carboxylic acids is 2. The third-order valence-corrected chi connectivity index (χ3v) is 5.38. The molecule has 2 amide bonds. The van der Waals surface area contributed by atoms with Crippen molar-refractivity contribution < 1.29 is 9.59 Å². The Morgan fingerprint density at radius 3 is 2.25 bits per heavy atom. The normalized spacial score (nSPS) is 23.2. The molecule has 0 saturated carbocycles. The van der Waals surface area contributed by atoms with E-state index in [1.807, 2.05) is 42.5 Å². The summed E-state index contributed by atoms with van der Waals surface area (Å²) in [6, 6.07) is 17.4. The molecule has 4 rings (SSSR count). The van der Waals surface area contributed by atoms with E-state index < -0.39 is 0 Å². The molecule has 1 aliphatic carbocycles. The van der Waals surface area contributed by atoms with Crippen molar-refractivity contribution in [2.45, 2.75) is 12.8 Å². The third kappa shape index (κ3) is 2.51. The molecule has 0 spiro atoms. The number of anilines is 1. The molecule has 2 aliphatic rings. The van der Waals surface area contributed by atoms with E-state index in [0.717, 1.165) is 15.6 Å². The van der Waals surface area contributed by atoms with Gasteiger partial charge >= 0.3 is 0 Å². The highest BCUT2D eigenvalue weighted by molar-refractivity contribution is 9.10. The first kappa shape index (κ1) is 15.3. The maximum absolute atomic E-state index is 12.9. The standard InChI is InChI=1S/C20H16BrNO2/c21-15-7-9-16(10-8-15)22-19(23)17-11-6-14(12-18(17)20(22)24)13-4-2-1-3-5-13/h1-10,17-18H,11-12H2/t17-,18+/m0/s1. The van der Waals surface area contributed by atoms with E-state index in [1.54, 1.807) is 0 Å². The zero-order valence-corrected chi connectivity index (χ0v) is 14.6. The molecule has 2 aromatic carbocycles. The largest absolute Gasteiger partial charge is 0.274 e. The summed E-state index contributed by atoms with van der Waals surface area (Å²) in [5, 5.41) is 0. The van der Waals surface area contributed by atoms with Crippen LogP contribution in [0.3, 0.4) is 0 Å². The van der Waals surface area contributed by atoms with Crippen LogP contribution in [0.5, 0.6) is 0 Å². The lowest BCUT2D eigenvalue weighted by Crippen LogP contribution is -2.30. The number of imide groups is 1. The number of halogens is 1. The second-order valence-corrected chi connectivity index (χ2v) is 7.15. The number of nitrogens with zero attached hydrogens (tertiary/aromatic N) is 1. The summed E-state index contributed by atoms with van der Waals surface area (Å²) in [4.78, 5) is 27.0. The maximum atomic E-state index is 12.9. The van der Waals surface area contributed by atoms with Gasteiger partial charge in [-0.25, -0.2) is 0 Å². The van der Waals surface area contributed by atoms with Crippen molar-refractivity contribution in [3.8, 4) is 0 Å². The van der Waals surface area contributed by atoms with Crippen LogP contribution in [0.25, 0.3) is 5.57 Å². The van der Waals surface area contributed by atoms with Crippen molar-refractivity contribution in [3.63, 3.8) is 0 Å². The lowest BCUT2D eigenvalue weighted by atomic mass is 9.79. The second kappa shape index (κ2) is 6.02. The molecule has 4 heteroatoms. The summed E-state index contributed by atoms with van der Waals surface area (Å²) in [5.41, 5.74) is 2.96. The van der Waals surface area contributed by atoms with Crippen LogP contribution in [-0.2, 0) is 9.59 Å². The Labute approximate surface area is 149 Å². The average molecular weight is 382 g/mol. The minimum absolute atomic E-state index is 0.0734. The Kier molecular flexibility index (Phi) is 3.85. The summed E-state index contributed by atoms with van der Waals surface area (Å²) >= 11 is 3.38. The first-order valence-corrected chi connectivity index (χ1v) is 8.82. The summed E-state index contributed by atoms with van der Waals surface area (Å²) in [5.74, 6) is -0.625. The van der Waals surface area contributed by atoms with Gasteiger partial charge < -0.3 is 0 Å². The number of hydrogen-bond acceptors (Lipinski definition) is 2. The number of rotatable bonds is 2. The quantitative estimate of drug-likeness (QED) is 0.721. The van der Waals surface area contributed by atoms with Gasteiger partial charge in [0, 0.05) is 4.47 Å². The smallest absolute Gasteiger partial charge is 0.238 e. The van der Waals surface area contributed by atoms with Gasteiger partial charge in [-0.1, -0.05) is 52.3 Å². The maximum Gasteiger partial charge on any atom is 0.238 e. The SMILES string of the molecule is O=C1[C@H]2CC=C(c3ccccc3)C[C@H]2C(=O)N1c1ccc(Br)cc1. The van der Waals surface area contributed by atoms with Crippen molar-refractivity contribution >= 4 is 39.0 Å². The van der Waals surface area contributed by atoms with Gasteiger partial charge in [0.2, 0.25) is 11.8 Å². The van der Waals surface area contributed by atoms with Gasteiger partial charge in [-0.2, -0.15) is 0 Å². The molecule has 1 fully saturated rings. The second-order valence-electron chi connectivity index (χ2n) is 6.24. The predicted octanol–water partition coefficient (Wildman–Crippen LogP) is 4.43. The van der Waals surface area contributed by atoms with Crippen molar-refractivity contribution in [1.29, 1.82) is 0 Å². The fourth-order valence-corrected chi connectivity index (χ4v) is 3.87. The molecule has 0 N–H and O–H groups in total. The Hall–Kier alpha value is -2.20. The van der Waals surface area contributed by atoms with Crippen LogP contribution in [0.15, 0.2) is 65.1 Å². The highest BCUT2D eigenvalue weighted by Gasteiger charge is 2.49. The monoisotopic (exact) mass is 381 g/mol. The Balaban J connectivity index is 1.63.